The van der Waals surface area contributed by atoms with Crippen LogP contribution >= 0.6 is 11.6 Å². The van der Waals surface area contributed by atoms with Gasteiger partial charge >= 0.3 is 5.97 Å². The molecule has 1 atom stereocenters. The number of aliphatic carboxylic acids is 1. The van der Waals surface area contributed by atoms with E-state index >= 15 is 0 Å². The van der Waals surface area contributed by atoms with Gasteiger partial charge in [-0.2, -0.15) is 4.72 Å². The zero-order valence-electron chi connectivity index (χ0n) is 17.2. The molecule has 8 nitrogen and oxygen atoms in total. The zero-order valence-corrected chi connectivity index (χ0v) is 18.8. The summed E-state index contributed by atoms with van der Waals surface area (Å²) in [5.74, 6) is -1.60. The Labute approximate surface area is 195 Å². The van der Waals surface area contributed by atoms with Gasteiger partial charge in [0.1, 0.15) is 11.8 Å². The number of aromatic hydroxyl groups is 1. The second kappa shape index (κ2) is 10.5. The molecule has 33 heavy (non-hydrogen) atoms. The number of benzene rings is 3. The largest absolute Gasteiger partial charge is 0.508 e. The fraction of sp³-hybridized carbons (Fsp3) is 0.130. The first-order valence-corrected chi connectivity index (χ1v) is 11.7. The first-order valence-electron chi connectivity index (χ1n) is 9.80. The summed E-state index contributed by atoms with van der Waals surface area (Å²) in [4.78, 5) is 23.7. The summed E-state index contributed by atoms with van der Waals surface area (Å²) >= 11 is 5.81. The van der Waals surface area contributed by atoms with Crippen LogP contribution in [0.3, 0.4) is 0 Å². The number of rotatable bonds is 9. The maximum atomic E-state index is 12.7. The fourth-order valence-electron chi connectivity index (χ4n) is 2.97. The molecular weight excluding hydrogens is 468 g/mol. The standard InChI is InChI=1S/C23H21ClN2O6S/c24-18-7-5-17(6-8-18)22(28)25-14-16-3-11-20(12-4-16)33(31,32)26-21(23(29)30)13-15-1-9-19(27)10-2-15/h1-12,21,26-27H,13-14H2,(H,25,28)(H,29,30). The summed E-state index contributed by atoms with van der Waals surface area (Å²) in [6.07, 6.45) is -0.0936. The van der Waals surface area contributed by atoms with Crippen molar-refractivity contribution < 1.29 is 28.2 Å². The topological polar surface area (TPSA) is 133 Å². The Bertz CT molecular complexity index is 1230. The highest BCUT2D eigenvalue weighted by Gasteiger charge is 2.25. The van der Waals surface area contributed by atoms with E-state index < -0.39 is 22.0 Å². The Morgan fingerprint density at radius 1 is 0.879 bits per heavy atom. The Balaban J connectivity index is 1.64. The summed E-state index contributed by atoms with van der Waals surface area (Å²) in [5, 5.41) is 22.0. The molecule has 0 aromatic heterocycles. The van der Waals surface area contributed by atoms with E-state index in [1.807, 2.05) is 0 Å². The number of halogens is 1. The first kappa shape index (κ1) is 24.2. The van der Waals surface area contributed by atoms with Crippen LogP contribution in [0, 0.1) is 0 Å². The Morgan fingerprint density at radius 3 is 2.03 bits per heavy atom. The second-order valence-electron chi connectivity index (χ2n) is 7.22. The molecule has 3 aromatic rings. The summed E-state index contributed by atoms with van der Waals surface area (Å²) < 4.78 is 27.6. The van der Waals surface area contributed by atoms with Crippen LogP contribution in [0.1, 0.15) is 21.5 Å². The molecule has 0 heterocycles. The summed E-state index contributed by atoms with van der Waals surface area (Å²) in [6.45, 7) is 0.174. The highest BCUT2D eigenvalue weighted by atomic mass is 35.5. The van der Waals surface area contributed by atoms with Crippen molar-refractivity contribution in [3.8, 4) is 5.75 Å². The third-order valence-electron chi connectivity index (χ3n) is 4.76. The molecule has 3 rings (SSSR count). The number of phenolic OH excluding ortho intramolecular Hbond substituents is 1. The van der Waals surface area contributed by atoms with E-state index in [1.54, 1.807) is 24.3 Å². The number of carbonyl (C=O) groups excluding carboxylic acids is 1. The third kappa shape index (κ3) is 6.79. The van der Waals surface area contributed by atoms with Crippen LogP contribution in [0.25, 0.3) is 0 Å². The van der Waals surface area contributed by atoms with E-state index in [-0.39, 0.29) is 29.5 Å². The molecule has 0 radical (unpaired) electrons. The van der Waals surface area contributed by atoms with Crippen LogP contribution < -0.4 is 10.0 Å². The number of amides is 1. The zero-order chi connectivity index (χ0) is 24.0. The van der Waals surface area contributed by atoms with Gasteiger partial charge in [0.05, 0.1) is 4.90 Å². The first-order chi connectivity index (χ1) is 15.6. The van der Waals surface area contributed by atoms with Crippen molar-refractivity contribution in [2.24, 2.45) is 0 Å². The normalized spacial score (nSPS) is 12.2. The molecule has 0 bridgehead atoms. The predicted molar refractivity (Wildman–Crippen MR) is 123 cm³/mol. The molecule has 1 amide bonds. The monoisotopic (exact) mass is 488 g/mol. The Hall–Kier alpha value is -3.40. The summed E-state index contributed by atoms with van der Waals surface area (Å²) in [5.41, 5.74) is 1.65. The van der Waals surface area contributed by atoms with Crippen LogP contribution in [0.15, 0.2) is 77.7 Å². The molecule has 0 aliphatic carbocycles. The van der Waals surface area contributed by atoms with Crippen molar-refractivity contribution >= 4 is 33.5 Å². The second-order valence-corrected chi connectivity index (χ2v) is 9.37. The number of carboxylic acid groups (broad SMARTS) is 1. The molecule has 172 valence electrons. The Kier molecular flexibility index (Phi) is 7.70. The molecule has 0 fully saturated rings. The van der Waals surface area contributed by atoms with Crippen molar-refractivity contribution in [2.45, 2.75) is 23.9 Å². The predicted octanol–water partition coefficient (Wildman–Crippen LogP) is 2.95. The maximum absolute atomic E-state index is 12.7. The van der Waals surface area contributed by atoms with E-state index in [2.05, 4.69) is 10.0 Å². The number of carboxylic acids is 1. The van der Waals surface area contributed by atoms with Gasteiger partial charge in [-0.25, -0.2) is 8.42 Å². The van der Waals surface area contributed by atoms with Crippen LogP contribution in [-0.2, 0) is 27.8 Å². The highest BCUT2D eigenvalue weighted by Crippen LogP contribution is 2.15. The van der Waals surface area contributed by atoms with Crippen LogP contribution in [0.5, 0.6) is 5.75 Å². The molecule has 0 saturated heterocycles. The maximum Gasteiger partial charge on any atom is 0.322 e. The van der Waals surface area contributed by atoms with Gasteiger partial charge in [0, 0.05) is 17.1 Å². The van der Waals surface area contributed by atoms with E-state index in [4.69, 9.17) is 11.6 Å². The van der Waals surface area contributed by atoms with Crippen LogP contribution in [0.4, 0.5) is 0 Å². The highest BCUT2D eigenvalue weighted by molar-refractivity contribution is 7.89. The van der Waals surface area contributed by atoms with Crippen molar-refractivity contribution in [1.29, 1.82) is 0 Å². The average Bonchev–Trinajstić information content (AvgIpc) is 2.79. The van der Waals surface area contributed by atoms with Crippen molar-refractivity contribution in [3.63, 3.8) is 0 Å². The van der Waals surface area contributed by atoms with Crippen molar-refractivity contribution in [3.05, 3.63) is 94.5 Å². The quantitative estimate of drug-likeness (QED) is 0.366. The van der Waals surface area contributed by atoms with Gasteiger partial charge in [0.25, 0.3) is 5.91 Å². The molecule has 0 aliphatic rings. The number of phenols is 1. The van der Waals surface area contributed by atoms with E-state index in [1.165, 1.54) is 48.5 Å². The molecular formula is C23H21ClN2O6S. The molecule has 10 heteroatoms. The lowest BCUT2D eigenvalue weighted by Gasteiger charge is -2.15. The molecule has 0 aliphatic heterocycles. The minimum absolute atomic E-state index is 0.0238. The van der Waals surface area contributed by atoms with Crippen molar-refractivity contribution in [1.82, 2.24) is 10.0 Å². The minimum atomic E-state index is -4.11. The van der Waals surface area contributed by atoms with E-state index in [0.717, 1.165) is 0 Å². The van der Waals surface area contributed by atoms with Crippen LogP contribution in [-0.4, -0.2) is 36.5 Å². The molecule has 4 N–H and O–H groups in total. The van der Waals surface area contributed by atoms with Gasteiger partial charge in [0.2, 0.25) is 10.0 Å². The fourth-order valence-corrected chi connectivity index (χ4v) is 4.29. The van der Waals surface area contributed by atoms with E-state index in [0.29, 0.717) is 21.7 Å². The minimum Gasteiger partial charge on any atom is -0.508 e. The van der Waals surface area contributed by atoms with E-state index in [9.17, 15) is 28.2 Å². The van der Waals surface area contributed by atoms with Gasteiger partial charge in [-0.05, 0) is 66.1 Å². The van der Waals surface area contributed by atoms with Gasteiger partial charge < -0.3 is 15.5 Å². The van der Waals surface area contributed by atoms with Gasteiger partial charge in [0.15, 0.2) is 0 Å². The lowest BCUT2D eigenvalue weighted by atomic mass is 10.1. The van der Waals surface area contributed by atoms with Crippen molar-refractivity contribution in [2.75, 3.05) is 0 Å². The molecule has 3 aromatic carbocycles. The average molecular weight is 489 g/mol. The summed E-state index contributed by atoms with van der Waals surface area (Å²) in [6, 6.07) is 16.6. The molecule has 0 saturated carbocycles. The summed E-state index contributed by atoms with van der Waals surface area (Å²) in [7, 11) is -4.11. The number of hydrogen-bond donors (Lipinski definition) is 4. The number of nitrogens with one attached hydrogen (secondary N) is 2. The SMILES string of the molecule is O=C(NCc1ccc(S(=O)(=O)NC(Cc2ccc(O)cc2)C(=O)O)cc1)c1ccc(Cl)cc1. The smallest absolute Gasteiger partial charge is 0.322 e. The molecule has 0 spiro atoms. The van der Waals surface area contributed by atoms with Gasteiger partial charge in [-0.1, -0.05) is 35.9 Å². The van der Waals surface area contributed by atoms with Gasteiger partial charge in [-0.15, -0.1) is 0 Å². The van der Waals surface area contributed by atoms with Crippen LogP contribution in [0.2, 0.25) is 5.02 Å². The Morgan fingerprint density at radius 2 is 1.45 bits per heavy atom. The number of hydrogen-bond acceptors (Lipinski definition) is 5. The lowest BCUT2D eigenvalue weighted by Crippen LogP contribution is -2.42. The number of carbonyl (C=O) groups is 2. The van der Waals surface area contributed by atoms with Gasteiger partial charge in [-0.3, -0.25) is 9.59 Å². The third-order valence-corrected chi connectivity index (χ3v) is 6.50. The lowest BCUT2D eigenvalue weighted by molar-refractivity contribution is -0.138. The molecule has 1 unspecified atom stereocenters. The number of sulfonamides is 1.